The number of aliphatic carboxylic acids is 1. The van der Waals surface area contributed by atoms with Crippen molar-refractivity contribution in [1.82, 2.24) is 10.2 Å². The number of hydrogen-bond donors (Lipinski definition) is 2. The molecule has 5 heteroatoms. The van der Waals surface area contributed by atoms with Crippen LogP contribution in [0.15, 0.2) is 0 Å². The number of amides is 2. The molecular formula is C10H20N2O3. The van der Waals surface area contributed by atoms with Crippen molar-refractivity contribution < 1.29 is 14.7 Å². The van der Waals surface area contributed by atoms with E-state index in [0.29, 0.717) is 6.54 Å². The first-order valence-electron chi connectivity index (χ1n) is 5.23. The van der Waals surface area contributed by atoms with Crippen molar-refractivity contribution in [1.29, 1.82) is 0 Å². The molecule has 0 aliphatic rings. The van der Waals surface area contributed by atoms with Gasteiger partial charge in [-0.1, -0.05) is 19.8 Å². The van der Waals surface area contributed by atoms with Crippen molar-refractivity contribution in [3.63, 3.8) is 0 Å². The van der Waals surface area contributed by atoms with Gasteiger partial charge in [-0.05, 0) is 13.3 Å². The van der Waals surface area contributed by atoms with E-state index in [1.54, 1.807) is 7.05 Å². The van der Waals surface area contributed by atoms with Crippen LogP contribution in [0.4, 0.5) is 4.79 Å². The number of hydrogen-bond acceptors (Lipinski definition) is 2. The second-order valence-electron chi connectivity index (χ2n) is 3.64. The largest absolute Gasteiger partial charge is 0.480 e. The number of carboxylic acid groups (broad SMARTS) is 1. The fourth-order valence-corrected chi connectivity index (χ4v) is 1.06. The number of urea groups is 1. The smallest absolute Gasteiger partial charge is 0.325 e. The summed E-state index contributed by atoms with van der Waals surface area (Å²) in [4.78, 5) is 23.4. The van der Waals surface area contributed by atoms with Gasteiger partial charge in [0.2, 0.25) is 0 Å². The van der Waals surface area contributed by atoms with Crippen molar-refractivity contribution in [3.8, 4) is 0 Å². The third-order valence-electron chi connectivity index (χ3n) is 2.15. The van der Waals surface area contributed by atoms with E-state index in [-0.39, 0.29) is 6.03 Å². The molecule has 1 unspecified atom stereocenters. The summed E-state index contributed by atoms with van der Waals surface area (Å²) in [5.74, 6) is -1.02. The first kappa shape index (κ1) is 13.7. The minimum Gasteiger partial charge on any atom is -0.480 e. The van der Waals surface area contributed by atoms with Crippen LogP contribution in [0.5, 0.6) is 0 Å². The van der Waals surface area contributed by atoms with E-state index >= 15 is 0 Å². The fraction of sp³-hybridized carbons (Fsp3) is 0.800. The molecule has 0 bridgehead atoms. The number of unbranched alkanes of at least 4 members (excludes halogenated alkanes) is 2. The lowest BCUT2D eigenvalue weighted by Gasteiger charge is -2.19. The molecule has 0 saturated heterocycles. The van der Waals surface area contributed by atoms with Gasteiger partial charge in [-0.3, -0.25) is 4.79 Å². The van der Waals surface area contributed by atoms with E-state index in [0.717, 1.165) is 19.3 Å². The average Bonchev–Trinajstić information content (AvgIpc) is 2.17. The zero-order chi connectivity index (χ0) is 11.8. The summed E-state index contributed by atoms with van der Waals surface area (Å²) < 4.78 is 0. The molecular weight excluding hydrogens is 196 g/mol. The Kier molecular flexibility index (Phi) is 6.49. The zero-order valence-electron chi connectivity index (χ0n) is 9.62. The van der Waals surface area contributed by atoms with Gasteiger partial charge in [-0.15, -0.1) is 0 Å². The van der Waals surface area contributed by atoms with Gasteiger partial charge in [0.25, 0.3) is 0 Å². The number of rotatable bonds is 6. The molecule has 2 amide bonds. The maximum absolute atomic E-state index is 11.4. The Balaban J connectivity index is 3.83. The Hall–Kier alpha value is -1.26. The van der Waals surface area contributed by atoms with Crippen molar-refractivity contribution in [2.24, 2.45) is 0 Å². The third-order valence-corrected chi connectivity index (χ3v) is 2.15. The van der Waals surface area contributed by atoms with Crippen LogP contribution in [0, 0.1) is 0 Å². The number of carbonyl (C=O) groups excluding carboxylic acids is 1. The van der Waals surface area contributed by atoms with Gasteiger partial charge in [0.05, 0.1) is 0 Å². The predicted octanol–water partition coefficient (Wildman–Crippen LogP) is 1.29. The van der Waals surface area contributed by atoms with Crippen molar-refractivity contribution in [2.45, 2.75) is 39.2 Å². The molecule has 0 saturated carbocycles. The standard InChI is InChI=1S/C10H20N2O3/c1-4-5-6-7-12(3)10(15)11-8(2)9(13)14/h8H,4-7H2,1-3H3,(H,11,15)(H,13,14). The molecule has 0 rings (SSSR count). The van der Waals surface area contributed by atoms with Crippen LogP contribution in [-0.2, 0) is 4.79 Å². The van der Waals surface area contributed by atoms with E-state index in [1.807, 2.05) is 0 Å². The summed E-state index contributed by atoms with van der Waals surface area (Å²) in [5, 5.41) is 11.0. The van der Waals surface area contributed by atoms with Crippen molar-refractivity contribution in [2.75, 3.05) is 13.6 Å². The molecule has 88 valence electrons. The minimum atomic E-state index is -1.02. The van der Waals surface area contributed by atoms with Gasteiger partial charge < -0.3 is 15.3 Å². The van der Waals surface area contributed by atoms with Crippen molar-refractivity contribution in [3.05, 3.63) is 0 Å². The number of carboxylic acids is 1. The summed E-state index contributed by atoms with van der Waals surface area (Å²) in [5.41, 5.74) is 0. The highest BCUT2D eigenvalue weighted by Crippen LogP contribution is 1.97. The second kappa shape index (κ2) is 7.09. The van der Waals surface area contributed by atoms with Crippen LogP contribution < -0.4 is 5.32 Å². The number of nitrogens with zero attached hydrogens (tertiary/aromatic N) is 1. The molecule has 0 aromatic rings. The molecule has 2 N–H and O–H groups in total. The lowest BCUT2D eigenvalue weighted by molar-refractivity contribution is -0.138. The highest BCUT2D eigenvalue weighted by atomic mass is 16.4. The molecule has 5 nitrogen and oxygen atoms in total. The third kappa shape index (κ3) is 5.93. The first-order chi connectivity index (χ1) is 6.99. The molecule has 0 spiro atoms. The molecule has 0 heterocycles. The van der Waals surface area contributed by atoms with Gasteiger partial charge in [-0.2, -0.15) is 0 Å². The van der Waals surface area contributed by atoms with Crippen molar-refractivity contribution >= 4 is 12.0 Å². The zero-order valence-corrected chi connectivity index (χ0v) is 9.62. The van der Waals surface area contributed by atoms with Gasteiger partial charge in [0.1, 0.15) is 6.04 Å². The maximum atomic E-state index is 11.4. The predicted molar refractivity (Wildman–Crippen MR) is 57.8 cm³/mol. The Bertz CT molecular complexity index is 219. The fourth-order valence-electron chi connectivity index (χ4n) is 1.06. The Morgan fingerprint density at radius 3 is 2.47 bits per heavy atom. The summed E-state index contributed by atoms with van der Waals surface area (Å²) in [7, 11) is 1.67. The van der Waals surface area contributed by atoms with Gasteiger partial charge in [0.15, 0.2) is 0 Å². The Morgan fingerprint density at radius 2 is 2.00 bits per heavy atom. The molecule has 0 aliphatic carbocycles. The monoisotopic (exact) mass is 216 g/mol. The van der Waals surface area contributed by atoms with E-state index in [1.165, 1.54) is 11.8 Å². The van der Waals surface area contributed by atoms with E-state index < -0.39 is 12.0 Å². The molecule has 0 fully saturated rings. The normalized spacial score (nSPS) is 11.9. The topological polar surface area (TPSA) is 69.6 Å². The highest BCUT2D eigenvalue weighted by Gasteiger charge is 2.16. The van der Waals surface area contributed by atoms with Gasteiger partial charge in [0, 0.05) is 13.6 Å². The lowest BCUT2D eigenvalue weighted by atomic mass is 10.2. The number of nitrogens with one attached hydrogen (secondary N) is 1. The van der Waals surface area contributed by atoms with E-state index in [9.17, 15) is 9.59 Å². The minimum absolute atomic E-state index is 0.332. The highest BCUT2D eigenvalue weighted by molar-refractivity contribution is 5.82. The first-order valence-corrected chi connectivity index (χ1v) is 5.23. The average molecular weight is 216 g/mol. The Morgan fingerprint density at radius 1 is 1.40 bits per heavy atom. The summed E-state index contributed by atoms with van der Waals surface area (Å²) in [6, 6.07) is -1.17. The Labute approximate surface area is 90.5 Å². The van der Waals surface area contributed by atoms with E-state index in [4.69, 9.17) is 5.11 Å². The molecule has 15 heavy (non-hydrogen) atoms. The molecule has 0 aliphatic heterocycles. The van der Waals surface area contributed by atoms with Gasteiger partial charge >= 0.3 is 12.0 Å². The maximum Gasteiger partial charge on any atom is 0.325 e. The van der Waals surface area contributed by atoms with Crippen LogP contribution >= 0.6 is 0 Å². The second-order valence-corrected chi connectivity index (χ2v) is 3.64. The number of carbonyl (C=O) groups is 2. The lowest BCUT2D eigenvalue weighted by Crippen LogP contribution is -2.45. The quantitative estimate of drug-likeness (QED) is 0.657. The summed E-state index contributed by atoms with van der Waals surface area (Å²) in [6.45, 7) is 4.19. The SMILES string of the molecule is CCCCCN(C)C(=O)NC(C)C(=O)O. The van der Waals surface area contributed by atoms with E-state index in [2.05, 4.69) is 12.2 Å². The summed E-state index contributed by atoms with van der Waals surface area (Å²) in [6.07, 6.45) is 3.12. The van der Waals surface area contributed by atoms with Gasteiger partial charge in [-0.25, -0.2) is 4.79 Å². The van der Waals surface area contributed by atoms with Crippen LogP contribution in [0.1, 0.15) is 33.1 Å². The van der Waals surface area contributed by atoms with Crippen LogP contribution in [0.25, 0.3) is 0 Å². The van der Waals surface area contributed by atoms with Crippen LogP contribution in [0.2, 0.25) is 0 Å². The molecule has 1 atom stereocenters. The molecule has 0 radical (unpaired) electrons. The summed E-state index contributed by atoms with van der Waals surface area (Å²) >= 11 is 0. The molecule has 0 aromatic carbocycles. The van der Waals surface area contributed by atoms with Crippen LogP contribution in [-0.4, -0.2) is 41.6 Å². The van der Waals surface area contributed by atoms with Crippen LogP contribution in [0.3, 0.4) is 0 Å². The molecule has 0 aromatic heterocycles.